The smallest absolute Gasteiger partial charge is 0.349 e. The lowest BCUT2D eigenvalue weighted by Crippen LogP contribution is -2.39. The molecule has 0 saturated heterocycles. The fourth-order valence-electron chi connectivity index (χ4n) is 3.83. The fraction of sp³-hybridized carbons (Fsp3) is 0.250. The maximum Gasteiger partial charge on any atom is 0.349 e. The number of benzene rings is 3. The minimum atomic E-state index is -1.10. The number of ether oxygens (including phenoxy) is 3. The molecule has 1 heterocycles. The summed E-state index contributed by atoms with van der Waals surface area (Å²) in [7, 11) is 2.84. The highest BCUT2D eigenvalue weighted by atomic mass is 32.1. The number of carbonyl (C=O) groups excluding carboxylic acids is 1. The van der Waals surface area contributed by atoms with E-state index >= 15 is 0 Å². The second kappa shape index (κ2) is 11.3. The molecule has 0 aliphatic rings. The monoisotopic (exact) mass is 520 g/mol. The number of oxime groups is 1. The molecular weight excluding hydrogens is 492 g/mol. The molecule has 192 valence electrons. The molecule has 0 saturated carbocycles. The van der Waals surface area contributed by atoms with Crippen molar-refractivity contribution >= 4 is 33.2 Å². The van der Waals surface area contributed by atoms with Gasteiger partial charge in [0.2, 0.25) is 0 Å². The second-order valence-corrected chi connectivity index (χ2v) is 9.61. The molecule has 0 amide bonds. The van der Waals surface area contributed by atoms with E-state index in [-0.39, 0.29) is 4.87 Å². The molecule has 9 heteroatoms. The topological polar surface area (TPSA) is 88.4 Å². The Bertz CT molecular complexity index is 1460. The van der Waals surface area contributed by atoms with Crippen LogP contribution in [0.3, 0.4) is 0 Å². The highest BCUT2D eigenvalue weighted by molar-refractivity contribution is 7.16. The van der Waals surface area contributed by atoms with Crippen molar-refractivity contribution in [3.63, 3.8) is 0 Å². The Morgan fingerprint density at radius 1 is 0.946 bits per heavy atom. The number of methoxy groups -OCH3 is 1. The van der Waals surface area contributed by atoms with Gasteiger partial charge in [-0.15, -0.1) is 0 Å². The van der Waals surface area contributed by atoms with Crippen molar-refractivity contribution in [2.75, 3.05) is 20.8 Å². The summed E-state index contributed by atoms with van der Waals surface area (Å²) in [6, 6.07) is 22.5. The number of carbonyl (C=O) groups is 1. The number of rotatable bonds is 10. The molecule has 3 aromatic carbocycles. The molecule has 4 aromatic rings. The molecule has 37 heavy (non-hydrogen) atoms. The molecule has 0 aliphatic carbocycles. The molecule has 0 N–H and O–H groups in total. The summed E-state index contributed by atoms with van der Waals surface area (Å²) >= 11 is 1.18. The van der Waals surface area contributed by atoms with E-state index in [2.05, 4.69) is 5.16 Å². The zero-order chi connectivity index (χ0) is 26.4. The average Bonchev–Trinajstić information content (AvgIpc) is 3.22. The number of hydrogen-bond acceptors (Lipinski definition) is 8. The zero-order valence-electron chi connectivity index (χ0n) is 21.1. The second-order valence-electron chi connectivity index (χ2n) is 8.61. The van der Waals surface area contributed by atoms with Crippen molar-refractivity contribution in [1.29, 1.82) is 0 Å². The lowest BCUT2D eigenvalue weighted by atomic mass is 10.0. The van der Waals surface area contributed by atoms with Crippen LogP contribution >= 0.6 is 11.3 Å². The quantitative estimate of drug-likeness (QED) is 0.168. The van der Waals surface area contributed by atoms with Crippen molar-refractivity contribution < 1.29 is 23.8 Å². The first kappa shape index (κ1) is 26.0. The average molecular weight is 521 g/mol. The van der Waals surface area contributed by atoms with Crippen molar-refractivity contribution in [3.8, 4) is 11.5 Å². The van der Waals surface area contributed by atoms with Crippen LogP contribution < -0.4 is 14.3 Å². The van der Waals surface area contributed by atoms with Gasteiger partial charge in [-0.05, 0) is 50.2 Å². The van der Waals surface area contributed by atoms with Crippen molar-refractivity contribution in [3.05, 3.63) is 93.6 Å². The zero-order valence-corrected chi connectivity index (χ0v) is 21.9. The first-order chi connectivity index (χ1) is 17.8. The standard InChI is InChI=1S/C28H28N2O6S/c1-28(2,26(31)33-3)36-22-13-11-21(12-14-22)35-17-16-30-23-15-10-20(18-24(23)37-27(30)32)25(29-34-4)19-8-6-5-7-9-19/h5-15,18H,16-17H2,1-4H3/b29-25+. The van der Waals surface area contributed by atoms with Crippen molar-refractivity contribution in [2.24, 2.45) is 5.16 Å². The lowest BCUT2D eigenvalue weighted by molar-refractivity contribution is -0.156. The van der Waals surface area contributed by atoms with E-state index in [1.54, 1.807) is 42.7 Å². The van der Waals surface area contributed by atoms with Crippen LogP contribution in [0.25, 0.3) is 10.2 Å². The van der Waals surface area contributed by atoms with Crippen LogP contribution in [0, 0.1) is 0 Å². The summed E-state index contributed by atoms with van der Waals surface area (Å²) in [6.45, 7) is 3.98. The van der Waals surface area contributed by atoms with E-state index in [0.29, 0.717) is 30.4 Å². The minimum absolute atomic E-state index is 0.0607. The van der Waals surface area contributed by atoms with Crippen LogP contribution in [0.2, 0.25) is 0 Å². The molecule has 0 fully saturated rings. The van der Waals surface area contributed by atoms with E-state index in [1.807, 2.05) is 48.5 Å². The Labute approximate surface area is 218 Å². The number of fused-ring (bicyclic) bond motifs is 1. The molecule has 0 atom stereocenters. The first-order valence-corrected chi connectivity index (χ1v) is 12.4. The van der Waals surface area contributed by atoms with E-state index < -0.39 is 11.6 Å². The summed E-state index contributed by atoms with van der Waals surface area (Å²) in [6.07, 6.45) is 0. The van der Waals surface area contributed by atoms with Gasteiger partial charge in [-0.3, -0.25) is 9.36 Å². The van der Waals surface area contributed by atoms with Gasteiger partial charge in [0, 0.05) is 11.1 Å². The number of esters is 1. The van der Waals surface area contributed by atoms with E-state index in [1.165, 1.54) is 25.6 Å². The van der Waals surface area contributed by atoms with Crippen LogP contribution in [-0.2, 0) is 20.9 Å². The number of aromatic nitrogens is 1. The SMILES string of the molecule is CO/N=C(\c1ccccc1)c1ccc2c(c1)sc(=O)n2CCOc1ccc(OC(C)(C)C(=O)OC)cc1. The Morgan fingerprint density at radius 3 is 2.32 bits per heavy atom. The summed E-state index contributed by atoms with van der Waals surface area (Å²) in [5.41, 5.74) is 2.22. The van der Waals surface area contributed by atoms with E-state index in [4.69, 9.17) is 19.0 Å². The van der Waals surface area contributed by atoms with Gasteiger partial charge in [-0.2, -0.15) is 0 Å². The van der Waals surface area contributed by atoms with Gasteiger partial charge in [0.25, 0.3) is 0 Å². The third-order valence-electron chi connectivity index (χ3n) is 5.63. The van der Waals surface area contributed by atoms with Gasteiger partial charge < -0.3 is 19.0 Å². The van der Waals surface area contributed by atoms with E-state index in [0.717, 1.165) is 21.3 Å². The molecule has 8 nitrogen and oxygen atoms in total. The predicted octanol–water partition coefficient (Wildman–Crippen LogP) is 4.87. The Hall–Kier alpha value is -4.11. The maximum absolute atomic E-state index is 12.7. The molecule has 0 spiro atoms. The third-order valence-corrected chi connectivity index (χ3v) is 6.57. The third kappa shape index (κ3) is 6.00. The van der Waals surface area contributed by atoms with Crippen LogP contribution in [0.15, 0.2) is 82.7 Å². The number of nitrogens with zero attached hydrogens (tertiary/aromatic N) is 2. The molecule has 0 aliphatic heterocycles. The molecule has 4 rings (SSSR count). The van der Waals surface area contributed by atoms with Gasteiger partial charge in [-0.1, -0.05) is 52.9 Å². The highest BCUT2D eigenvalue weighted by Crippen LogP contribution is 2.24. The van der Waals surface area contributed by atoms with Gasteiger partial charge in [-0.25, -0.2) is 4.79 Å². The van der Waals surface area contributed by atoms with Gasteiger partial charge in [0.05, 0.1) is 23.9 Å². The predicted molar refractivity (Wildman–Crippen MR) is 144 cm³/mol. The number of hydrogen-bond donors (Lipinski definition) is 0. The fourth-order valence-corrected chi connectivity index (χ4v) is 4.78. The Kier molecular flexibility index (Phi) is 7.93. The van der Waals surface area contributed by atoms with Crippen LogP contribution in [0.1, 0.15) is 25.0 Å². The summed E-state index contributed by atoms with van der Waals surface area (Å²) in [4.78, 5) is 29.6. The Balaban J connectivity index is 1.44. The van der Waals surface area contributed by atoms with Crippen LogP contribution in [0.4, 0.5) is 0 Å². The van der Waals surface area contributed by atoms with Crippen LogP contribution in [-0.4, -0.2) is 42.7 Å². The lowest BCUT2D eigenvalue weighted by Gasteiger charge is -2.23. The minimum Gasteiger partial charge on any atom is -0.492 e. The normalized spacial score (nSPS) is 11.8. The van der Waals surface area contributed by atoms with Gasteiger partial charge in [0.15, 0.2) is 5.60 Å². The molecule has 0 unspecified atom stereocenters. The first-order valence-electron chi connectivity index (χ1n) is 11.6. The molecular formula is C28H28N2O6S. The number of thiazole rings is 1. The largest absolute Gasteiger partial charge is 0.492 e. The van der Waals surface area contributed by atoms with Gasteiger partial charge in [0.1, 0.15) is 30.9 Å². The van der Waals surface area contributed by atoms with E-state index in [9.17, 15) is 9.59 Å². The van der Waals surface area contributed by atoms with Crippen LogP contribution in [0.5, 0.6) is 11.5 Å². The summed E-state index contributed by atoms with van der Waals surface area (Å²) < 4.78 is 18.9. The summed E-state index contributed by atoms with van der Waals surface area (Å²) in [5.74, 6) is 0.683. The van der Waals surface area contributed by atoms with Crippen molar-refractivity contribution in [1.82, 2.24) is 4.57 Å². The molecule has 1 aromatic heterocycles. The van der Waals surface area contributed by atoms with Crippen molar-refractivity contribution in [2.45, 2.75) is 26.0 Å². The molecule has 0 bridgehead atoms. The Morgan fingerprint density at radius 2 is 1.65 bits per heavy atom. The molecule has 0 radical (unpaired) electrons. The maximum atomic E-state index is 12.7. The summed E-state index contributed by atoms with van der Waals surface area (Å²) in [5, 5.41) is 4.21. The highest BCUT2D eigenvalue weighted by Gasteiger charge is 2.31. The van der Waals surface area contributed by atoms with Gasteiger partial charge >= 0.3 is 10.8 Å².